The van der Waals surface area contributed by atoms with E-state index < -0.39 is 0 Å². The molecule has 1 aliphatic heterocycles. The topological polar surface area (TPSA) is 12.0 Å². The molecule has 144 valence electrons. The van der Waals surface area contributed by atoms with Crippen molar-refractivity contribution in [3.05, 3.63) is 81.5 Å². The Morgan fingerprint density at radius 1 is 1.36 bits per heavy atom. The predicted molar refractivity (Wildman–Crippen MR) is 125 cm³/mol. The Hall–Kier alpha value is -2.21. The summed E-state index contributed by atoms with van der Waals surface area (Å²) in [4.78, 5) is 1.35. The molecule has 0 aromatic heterocycles. The number of piperidine rings is 1. The zero-order valence-electron chi connectivity index (χ0n) is 17.4. The Morgan fingerprint density at radius 3 is 2.71 bits per heavy atom. The van der Waals surface area contributed by atoms with Gasteiger partial charge >= 0.3 is 0 Å². The van der Waals surface area contributed by atoms with Crippen LogP contribution in [0.2, 0.25) is 0 Å². The normalized spacial score (nSPS) is 20.2. The van der Waals surface area contributed by atoms with Crippen molar-refractivity contribution >= 4 is 17.8 Å². The maximum Gasteiger partial charge on any atom is 0.0550 e. The fraction of sp³-hybridized carbons (Fsp3) is 0.308. The summed E-state index contributed by atoms with van der Waals surface area (Å²) in [6.45, 7) is 15.9. The maximum absolute atomic E-state index is 5.54. The molecule has 1 aromatic carbocycles. The van der Waals surface area contributed by atoms with Crippen molar-refractivity contribution in [2.24, 2.45) is 0 Å². The lowest BCUT2D eigenvalue weighted by atomic mass is 9.87. The zero-order chi connectivity index (χ0) is 20.4. The van der Waals surface area contributed by atoms with E-state index in [0.717, 1.165) is 30.5 Å². The van der Waals surface area contributed by atoms with Gasteiger partial charge in [-0.15, -0.1) is 18.2 Å². The second-order valence-electron chi connectivity index (χ2n) is 7.54. The lowest BCUT2D eigenvalue weighted by Gasteiger charge is -2.30. The van der Waals surface area contributed by atoms with E-state index in [2.05, 4.69) is 75.7 Å². The number of terminal acetylenes is 1. The van der Waals surface area contributed by atoms with Crippen LogP contribution in [0.1, 0.15) is 36.5 Å². The van der Waals surface area contributed by atoms with E-state index >= 15 is 0 Å². The monoisotopic (exact) mass is 387 g/mol. The van der Waals surface area contributed by atoms with E-state index in [-0.39, 0.29) is 6.04 Å². The number of rotatable bonds is 5. The number of hydrogen-bond donors (Lipinski definition) is 1. The van der Waals surface area contributed by atoms with Crippen LogP contribution in [0.25, 0.3) is 6.08 Å². The van der Waals surface area contributed by atoms with Gasteiger partial charge in [-0.25, -0.2) is 0 Å². The van der Waals surface area contributed by atoms with Gasteiger partial charge in [-0.05, 0) is 82.7 Å². The highest BCUT2D eigenvalue weighted by Crippen LogP contribution is 2.40. The largest absolute Gasteiger partial charge is 0.302 e. The van der Waals surface area contributed by atoms with E-state index in [1.54, 1.807) is 0 Å². The molecule has 1 fully saturated rings. The lowest BCUT2D eigenvalue weighted by Crippen LogP contribution is -2.38. The Balaban J connectivity index is 1.98. The molecule has 28 heavy (non-hydrogen) atoms. The van der Waals surface area contributed by atoms with E-state index in [9.17, 15) is 0 Å². The van der Waals surface area contributed by atoms with Crippen LogP contribution in [0.15, 0.2) is 69.7 Å². The summed E-state index contributed by atoms with van der Waals surface area (Å²) in [5, 5.41) is 3.73. The molecule has 1 unspecified atom stereocenters. The second kappa shape index (κ2) is 8.43. The number of thioether (sulfide) groups is 1. The number of allylic oxidation sites excluding steroid dienone is 3. The fourth-order valence-electron chi connectivity index (χ4n) is 4.18. The van der Waals surface area contributed by atoms with Gasteiger partial charge in [0.05, 0.1) is 6.04 Å². The molecule has 2 heteroatoms. The Bertz CT molecular complexity index is 978. The quantitative estimate of drug-likeness (QED) is 0.479. The first-order chi connectivity index (χ1) is 13.4. The van der Waals surface area contributed by atoms with E-state index in [0.29, 0.717) is 0 Å². The van der Waals surface area contributed by atoms with Gasteiger partial charge in [-0.1, -0.05) is 44.2 Å². The highest BCUT2D eigenvalue weighted by Gasteiger charge is 2.32. The van der Waals surface area contributed by atoms with Gasteiger partial charge in [0.25, 0.3) is 0 Å². The second-order valence-corrected chi connectivity index (χ2v) is 8.35. The molecule has 0 spiro atoms. The molecule has 0 saturated carbocycles. The van der Waals surface area contributed by atoms with Crippen molar-refractivity contribution in [1.82, 2.24) is 5.32 Å². The summed E-state index contributed by atoms with van der Waals surface area (Å²) in [6.07, 6.45) is 14.0. The first kappa shape index (κ1) is 20.5. The van der Waals surface area contributed by atoms with Crippen LogP contribution >= 0.6 is 11.8 Å². The highest BCUT2D eigenvalue weighted by atomic mass is 32.2. The number of nitrogens with one attached hydrogen (secondary N) is 1. The zero-order valence-corrected chi connectivity index (χ0v) is 18.2. The summed E-state index contributed by atoms with van der Waals surface area (Å²) in [5.74, 6) is 2.68. The van der Waals surface area contributed by atoms with Gasteiger partial charge in [-0.3, -0.25) is 0 Å². The Labute approximate surface area is 174 Å². The van der Waals surface area contributed by atoms with Crippen molar-refractivity contribution < 1.29 is 0 Å². The van der Waals surface area contributed by atoms with Crippen molar-refractivity contribution in [3.63, 3.8) is 0 Å². The van der Waals surface area contributed by atoms with Crippen LogP contribution in [0, 0.1) is 26.2 Å². The van der Waals surface area contributed by atoms with Crippen LogP contribution in [-0.4, -0.2) is 18.8 Å². The molecular formula is C26H29NS. The fourth-order valence-corrected chi connectivity index (χ4v) is 5.01. The standard InChI is InChI=1S/C26H29NS/c1-8-16(3)12-20-13-24-19(6)21(15-27-25(24)22(20)9-2)14-23-17(4)10-11-18(5)26(23)28-7/h1,10-11,13-14,25,27H,3,6,9,12,15H2,2,4-5,7H3/b21-14-. The molecule has 1 N–H and O–H groups in total. The van der Waals surface area contributed by atoms with E-state index in [1.807, 2.05) is 11.8 Å². The molecule has 3 rings (SSSR count). The molecular weight excluding hydrogens is 358 g/mol. The molecule has 1 saturated heterocycles. The molecule has 0 bridgehead atoms. The van der Waals surface area contributed by atoms with Crippen molar-refractivity contribution in [3.8, 4) is 12.3 Å². The SMILES string of the molecule is C#CC(=C)CC1=C(CC)C2NC/C(=C/c3c(C)ccc(C)c3SC)C(=C)C2=C1. The number of benzene rings is 1. The number of aryl methyl sites for hydroxylation is 2. The smallest absolute Gasteiger partial charge is 0.0550 e. The van der Waals surface area contributed by atoms with Crippen LogP contribution in [0.5, 0.6) is 0 Å². The van der Waals surface area contributed by atoms with Crippen LogP contribution < -0.4 is 5.32 Å². The van der Waals surface area contributed by atoms with Crippen LogP contribution in [0.3, 0.4) is 0 Å². The molecule has 1 nitrogen and oxygen atoms in total. The number of fused-ring (bicyclic) bond motifs is 1. The van der Waals surface area contributed by atoms with Gasteiger partial charge < -0.3 is 5.32 Å². The average molecular weight is 388 g/mol. The van der Waals surface area contributed by atoms with Crippen LogP contribution in [0.4, 0.5) is 0 Å². The summed E-state index contributed by atoms with van der Waals surface area (Å²) < 4.78 is 0. The van der Waals surface area contributed by atoms with Crippen molar-refractivity contribution in [2.45, 2.75) is 44.6 Å². The Morgan fingerprint density at radius 2 is 2.07 bits per heavy atom. The first-order valence-corrected chi connectivity index (χ1v) is 11.0. The van der Waals surface area contributed by atoms with E-state index in [1.165, 1.54) is 43.9 Å². The maximum atomic E-state index is 5.54. The molecule has 0 amide bonds. The average Bonchev–Trinajstić information content (AvgIpc) is 3.04. The highest BCUT2D eigenvalue weighted by molar-refractivity contribution is 7.98. The molecule has 1 atom stereocenters. The minimum absolute atomic E-state index is 0.258. The van der Waals surface area contributed by atoms with Gasteiger partial charge in [-0.2, -0.15) is 0 Å². The van der Waals surface area contributed by atoms with Crippen molar-refractivity contribution in [2.75, 3.05) is 12.8 Å². The third kappa shape index (κ3) is 3.70. The van der Waals surface area contributed by atoms with E-state index in [4.69, 9.17) is 6.42 Å². The predicted octanol–water partition coefficient (Wildman–Crippen LogP) is 6.16. The summed E-state index contributed by atoms with van der Waals surface area (Å²) in [5.41, 5.74) is 11.2. The summed E-state index contributed by atoms with van der Waals surface area (Å²) in [7, 11) is 0. The lowest BCUT2D eigenvalue weighted by molar-refractivity contribution is 0.638. The first-order valence-electron chi connectivity index (χ1n) is 9.76. The molecule has 0 radical (unpaired) electrons. The minimum atomic E-state index is 0.258. The summed E-state index contributed by atoms with van der Waals surface area (Å²) in [6, 6.07) is 4.67. The summed E-state index contributed by atoms with van der Waals surface area (Å²) >= 11 is 1.81. The molecule has 2 aliphatic rings. The molecule has 1 heterocycles. The van der Waals surface area contributed by atoms with Gasteiger partial charge in [0.15, 0.2) is 0 Å². The van der Waals surface area contributed by atoms with Crippen molar-refractivity contribution in [1.29, 1.82) is 0 Å². The third-order valence-electron chi connectivity index (χ3n) is 5.76. The van der Waals surface area contributed by atoms with Crippen LogP contribution in [-0.2, 0) is 0 Å². The van der Waals surface area contributed by atoms with Gasteiger partial charge in [0.1, 0.15) is 0 Å². The number of hydrogen-bond acceptors (Lipinski definition) is 2. The Kier molecular flexibility index (Phi) is 6.18. The minimum Gasteiger partial charge on any atom is -0.302 e. The third-order valence-corrected chi connectivity index (χ3v) is 6.71. The van der Waals surface area contributed by atoms with Gasteiger partial charge in [0.2, 0.25) is 0 Å². The van der Waals surface area contributed by atoms with Gasteiger partial charge in [0, 0.05) is 17.9 Å². The molecule has 1 aromatic rings. The molecule has 1 aliphatic carbocycles.